The molecule has 0 bridgehead atoms. The quantitative estimate of drug-likeness (QED) is 0.720. The largest absolute Gasteiger partial charge is 0.453 e. The molecule has 6 nitrogen and oxygen atoms in total. The number of hydrogen-bond donors (Lipinski definition) is 0. The van der Waals surface area contributed by atoms with Crippen LogP contribution in [0.1, 0.15) is 22.6 Å². The van der Waals surface area contributed by atoms with E-state index in [0.29, 0.717) is 15.8 Å². The molecule has 0 unspecified atom stereocenters. The van der Waals surface area contributed by atoms with Gasteiger partial charge in [-0.05, 0) is 24.6 Å². The topological polar surface area (TPSA) is 76.0 Å². The zero-order valence-corrected chi connectivity index (χ0v) is 12.4. The molecule has 0 aliphatic rings. The molecule has 0 fully saturated rings. The summed E-state index contributed by atoms with van der Waals surface area (Å²) >= 11 is 0. The van der Waals surface area contributed by atoms with Gasteiger partial charge in [-0.2, -0.15) is 27.9 Å². The maximum Gasteiger partial charge on any atom is 0.453 e. The minimum absolute atomic E-state index is 0.184. The molecular formula is C15H10F3N5O. The second kappa shape index (κ2) is 5.49. The van der Waals surface area contributed by atoms with Crippen LogP contribution in [-0.4, -0.2) is 19.2 Å². The Bertz CT molecular complexity index is 1010. The fourth-order valence-corrected chi connectivity index (χ4v) is 2.28. The van der Waals surface area contributed by atoms with Crippen LogP contribution in [0, 0.1) is 18.3 Å². The average molecular weight is 333 g/mol. The first-order chi connectivity index (χ1) is 11.3. The van der Waals surface area contributed by atoms with Gasteiger partial charge in [-0.3, -0.25) is 4.79 Å². The number of aromatic nitrogens is 4. The standard InChI is InChI=1S/C15H10F3N5O/c1-9-6-12(24)23-14(20-13(21-23)15(16,17)18)22(9)8-11-4-2-10(7-19)3-5-11/h2-6H,8H2,1H3. The van der Waals surface area contributed by atoms with Gasteiger partial charge in [0.2, 0.25) is 5.78 Å². The van der Waals surface area contributed by atoms with Crippen LogP contribution in [0.25, 0.3) is 5.78 Å². The summed E-state index contributed by atoms with van der Waals surface area (Å²) in [7, 11) is 0. The van der Waals surface area contributed by atoms with E-state index in [2.05, 4.69) is 10.1 Å². The van der Waals surface area contributed by atoms with Crippen molar-refractivity contribution in [3.63, 3.8) is 0 Å². The minimum Gasteiger partial charge on any atom is -0.310 e. The summed E-state index contributed by atoms with van der Waals surface area (Å²) in [6, 6.07) is 9.78. The molecule has 3 rings (SSSR count). The molecule has 9 heteroatoms. The molecule has 3 aromatic rings. The Balaban J connectivity index is 2.14. The molecule has 0 aliphatic carbocycles. The summed E-state index contributed by atoms with van der Waals surface area (Å²) in [5.41, 5.74) is 1.00. The molecule has 24 heavy (non-hydrogen) atoms. The molecule has 0 aliphatic heterocycles. The molecule has 0 amide bonds. The van der Waals surface area contributed by atoms with Gasteiger partial charge in [0.05, 0.1) is 18.2 Å². The number of fused-ring (bicyclic) bond motifs is 1. The zero-order valence-electron chi connectivity index (χ0n) is 12.4. The monoisotopic (exact) mass is 333 g/mol. The Kier molecular flexibility index (Phi) is 3.60. The molecule has 0 saturated heterocycles. The van der Waals surface area contributed by atoms with Crippen molar-refractivity contribution in [3.05, 3.63) is 63.3 Å². The van der Waals surface area contributed by atoms with Crippen LogP contribution in [0.4, 0.5) is 13.2 Å². The summed E-state index contributed by atoms with van der Waals surface area (Å²) < 4.78 is 40.6. The van der Waals surface area contributed by atoms with Crippen molar-refractivity contribution in [1.82, 2.24) is 19.2 Å². The van der Waals surface area contributed by atoms with Crippen LogP contribution in [0.15, 0.2) is 35.1 Å². The highest BCUT2D eigenvalue weighted by atomic mass is 19.4. The maximum atomic E-state index is 12.8. The number of hydrogen-bond acceptors (Lipinski definition) is 4. The van der Waals surface area contributed by atoms with Crippen molar-refractivity contribution in [2.75, 3.05) is 0 Å². The van der Waals surface area contributed by atoms with Crippen molar-refractivity contribution in [2.24, 2.45) is 0 Å². The van der Waals surface area contributed by atoms with Crippen LogP contribution in [-0.2, 0) is 12.7 Å². The van der Waals surface area contributed by atoms with Crippen molar-refractivity contribution >= 4 is 5.78 Å². The van der Waals surface area contributed by atoms with E-state index in [4.69, 9.17) is 5.26 Å². The Morgan fingerprint density at radius 2 is 1.92 bits per heavy atom. The maximum absolute atomic E-state index is 12.8. The predicted molar refractivity (Wildman–Crippen MR) is 77.2 cm³/mol. The number of halogens is 3. The Morgan fingerprint density at radius 3 is 2.50 bits per heavy atom. The Morgan fingerprint density at radius 1 is 1.25 bits per heavy atom. The number of benzene rings is 1. The molecular weight excluding hydrogens is 323 g/mol. The molecule has 1 aromatic carbocycles. The van der Waals surface area contributed by atoms with Gasteiger partial charge in [0.1, 0.15) is 0 Å². The van der Waals surface area contributed by atoms with E-state index < -0.39 is 17.6 Å². The van der Waals surface area contributed by atoms with E-state index in [-0.39, 0.29) is 12.3 Å². The third kappa shape index (κ3) is 2.74. The SMILES string of the molecule is Cc1cc(=O)n2nc(C(F)(F)F)nc2n1Cc1ccc(C#N)cc1. The molecule has 122 valence electrons. The second-order valence-electron chi connectivity index (χ2n) is 5.16. The van der Waals surface area contributed by atoms with Crippen molar-refractivity contribution in [3.8, 4) is 6.07 Å². The first kappa shape index (κ1) is 15.7. The summed E-state index contributed by atoms with van der Waals surface area (Å²) in [6.45, 7) is 1.80. The number of alkyl halides is 3. The highest BCUT2D eigenvalue weighted by Crippen LogP contribution is 2.26. The smallest absolute Gasteiger partial charge is 0.310 e. The highest BCUT2D eigenvalue weighted by molar-refractivity contribution is 5.35. The lowest BCUT2D eigenvalue weighted by Crippen LogP contribution is -2.20. The van der Waals surface area contributed by atoms with Crippen molar-refractivity contribution < 1.29 is 13.2 Å². The van der Waals surface area contributed by atoms with Crippen LogP contribution in [0.5, 0.6) is 0 Å². The molecule has 0 atom stereocenters. The Hall–Kier alpha value is -3.15. The fourth-order valence-electron chi connectivity index (χ4n) is 2.28. The lowest BCUT2D eigenvalue weighted by Gasteiger charge is -2.11. The van der Waals surface area contributed by atoms with Gasteiger partial charge in [-0.1, -0.05) is 12.1 Å². The molecule has 2 aromatic heterocycles. The minimum atomic E-state index is -4.74. The fraction of sp³-hybridized carbons (Fsp3) is 0.200. The van der Waals surface area contributed by atoms with Gasteiger partial charge in [0, 0.05) is 11.8 Å². The molecule has 0 N–H and O–H groups in total. The first-order valence-corrected chi connectivity index (χ1v) is 6.83. The van der Waals surface area contributed by atoms with Crippen molar-refractivity contribution in [2.45, 2.75) is 19.6 Å². The van der Waals surface area contributed by atoms with Crippen molar-refractivity contribution in [1.29, 1.82) is 5.26 Å². The average Bonchev–Trinajstić information content (AvgIpc) is 2.98. The lowest BCUT2D eigenvalue weighted by atomic mass is 10.1. The van der Waals surface area contributed by atoms with Gasteiger partial charge in [-0.15, -0.1) is 5.10 Å². The van der Waals surface area contributed by atoms with E-state index in [1.165, 1.54) is 10.6 Å². The molecule has 0 spiro atoms. The number of nitriles is 1. The van der Waals surface area contributed by atoms with Crippen LogP contribution in [0.2, 0.25) is 0 Å². The van der Waals surface area contributed by atoms with Gasteiger partial charge in [0.15, 0.2) is 0 Å². The van der Waals surface area contributed by atoms with Crippen LogP contribution >= 0.6 is 0 Å². The van der Waals surface area contributed by atoms with E-state index in [9.17, 15) is 18.0 Å². The summed E-state index contributed by atoms with van der Waals surface area (Å²) in [5.74, 6) is -1.55. The van der Waals surface area contributed by atoms with Gasteiger partial charge >= 0.3 is 6.18 Å². The van der Waals surface area contributed by atoms with Crippen LogP contribution in [0.3, 0.4) is 0 Å². The third-order valence-corrected chi connectivity index (χ3v) is 3.48. The zero-order chi connectivity index (χ0) is 17.5. The molecule has 0 radical (unpaired) electrons. The summed E-state index contributed by atoms with van der Waals surface area (Å²) in [6.07, 6.45) is -4.74. The molecule has 2 heterocycles. The second-order valence-corrected chi connectivity index (χ2v) is 5.16. The summed E-state index contributed by atoms with van der Waals surface area (Å²) in [5, 5.41) is 12.1. The number of rotatable bonds is 2. The Labute approximate surface area is 133 Å². The van der Waals surface area contributed by atoms with Gasteiger partial charge in [0.25, 0.3) is 11.4 Å². The van der Waals surface area contributed by atoms with E-state index in [1.54, 1.807) is 31.2 Å². The summed E-state index contributed by atoms with van der Waals surface area (Å²) in [4.78, 5) is 15.3. The number of nitrogens with zero attached hydrogens (tertiary/aromatic N) is 5. The van der Waals surface area contributed by atoms with Crippen LogP contribution < -0.4 is 5.56 Å². The molecule has 0 saturated carbocycles. The number of aryl methyl sites for hydroxylation is 1. The predicted octanol–water partition coefficient (Wildman–Crippen LogP) is 2.14. The highest BCUT2D eigenvalue weighted by Gasteiger charge is 2.37. The van der Waals surface area contributed by atoms with E-state index >= 15 is 0 Å². The third-order valence-electron chi connectivity index (χ3n) is 3.48. The van der Waals surface area contributed by atoms with E-state index in [0.717, 1.165) is 5.56 Å². The lowest BCUT2D eigenvalue weighted by molar-refractivity contribution is -0.144. The normalized spacial score (nSPS) is 11.6. The van der Waals surface area contributed by atoms with Gasteiger partial charge < -0.3 is 4.57 Å². The van der Waals surface area contributed by atoms with E-state index in [1.807, 2.05) is 6.07 Å². The first-order valence-electron chi connectivity index (χ1n) is 6.83. The van der Waals surface area contributed by atoms with Gasteiger partial charge in [-0.25, -0.2) is 0 Å².